The number of nitrogens with one attached hydrogen (secondary N) is 1. The standard InChI is InChI=1S/C31H28N6O5S2/c1-40-21-13-11-20(12-14-21)24-17-22(27-10-6-16-43-27)35-37(24)29(38)19-44-31-34-33-28(18-32-30(39)26-9-5-15-42-26)36(31)23-7-3-4-8-25(23)41-2/h3-16,24H,17-19H2,1-2H3,(H,32,39)/t24-/m0/s1. The third-order valence-corrected chi connectivity index (χ3v) is 8.81. The van der Waals surface area contributed by atoms with Gasteiger partial charge in [-0.25, -0.2) is 5.01 Å². The number of carbonyl (C=O) groups is 2. The van der Waals surface area contributed by atoms with Gasteiger partial charge in [-0.05, 0) is 53.4 Å². The van der Waals surface area contributed by atoms with Crippen LogP contribution in [-0.2, 0) is 11.3 Å². The number of hydrogen-bond acceptors (Lipinski definition) is 10. The zero-order valence-corrected chi connectivity index (χ0v) is 25.5. The average Bonchev–Trinajstić information content (AvgIpc) is 3.89. The van der Waals surface area contributed by atoms with Crippen LogP contribution in [0.25, 0.3) is 5.69 Å². The molecule has 0 bridgehead atoms. The second-order valence-corrected chi connectivity index (χ2v) is 11.5. The molecule has 1 aliphatic heterocycles. The summed E-state index contributed by atoms with van der Waals surface area (Å²) in [7, 11) is 3.20. The van der Waals surface area contributed by atoms with Gasteiger partial charge in [-0.15, -0.1) is 21.5 Å². The van der Waals surface area contributed by atoms with Crippen LogP contribution in [0.1, 0.15) is 39.3 Å². The van der Waals surface area contributed by atoms with Crippen molar-refractivity contribution in [1.82, 2.24) is 25.1 Å². The minimum absolute atomic E-state index is 0.0555. The molecule has 44 heavy (non-hydrogen) atoms. The molecule has 224 valence electrons. The number of nitrogens with zero attached hydrogens (tertiary/aromatic N) is 5. The lowest BCUT2D eigenvalue weighted by molar-refractivity contribution is -0.130. The van der Waals surface area contributed by atoms with Crippen LogP contribution in [0.2, 0.25) is 0 Å². The summed E-state index contributed by atoms with van der Waals surface area (Å²) in [4.78, 5) is 27.4. The van der Waals surface area contributed by atoms with E-state index in [0.717, 1.165) is 21.9 Å². The van der Waals surface area contributed by atoms with Crippen molar-refractivity contribution in [3.05, 3.63) is 106 Å². The number of thiophene rings is 1. The fraction of sp³-hybridized carbons (Fsp3) is 0.194. The highest BCUT2D eigenvalue weighted by molar-refractivity contribution is 7.99. The number of rotatable bonds is 11. The lowest BCUT2D eigenvalue weighted by atomic mass is 10.0. The van der Waals surface area contributed by atoms with Gasteiger partial charge in [0.05, 0.1) is 55.1 Å². The minimum atomic E-state index is -0.382. The summed E-state index contributed by atoms with van der Waals surface area (Å²) < 4.78 is 17.9. The van der Waals surface area contributed by atoms with Crippen LogP contribution in [0.4, 0.5) is 0 Å². The van der Waals surface area contributed by atoms with E-state index in [4.69, 9.17) is 19.0 Å². The smallest absolute Gasteiger partial charge is 0.287 e. The first-order valence-corrected chi connectivity index (χ1v) is 15.5. The summed E-state index contributed by atoms with van der Waals surface area (Å²) in [5.41, 5.74) is 2.50. The summed E-state index contributed by atoms with van der Waals surface area (Å²) in [5.74, 6) is 1.47. The molecule has 4 heterocycles. The Bertz CT molecular complexity index is 1770. The molecular formula is C31H28N6O5S2. The quantitative estimate of drug-likeness (QED) is 0.195. The van der Waals surface area contributed by atoms with E-state index < -0.39 is 0 Å². The van der Waals surface area contributed by atoms with Crippen LogP contribution < -0.4 is 14.8 Å². The summed E-state index contributed by atoms with van der Waals surface area (Å²) in [6.45, 7) is 0.0687. The van der Waals surface area contributed by atoms with Crippen molar-refractivity contribution in [3.8, 4) is 17.2 Å². The molecule has 0 fully saturated rings. The monoisotopic (exact) mass is 628 g/mol. The van der Waals surface area contributed by atoms with Crippen LogP contribution in [0.15, 0.2) is 99.1 Å². The molecule has 5 aromatic rings. The first-order chi connectivity index (χ1) is 21.6. The van der Waals surface area contributed by atoms with E-state index in [0.29, 0.717) is 28.8 Å². The van der Waals surface area contributed by atoms with E-state index in [1.54, 1.807) is 47.3 Å². The Hall–Kier alpha value is -4.88. The molecule has 0 radical (unpaired) electrons. The maximum absolute atomic E-state index is 13.8. The molecule has 11 nitrogen and oxygen atoms in total. The number of methoxy groups -OCH3 is 2. The summed E-state index contributed by atoms with van der Waals surface area (Å²) in [6, 6.07) is 22.1. The predicted octanol–water partition coefficient (Wildman–Crippen LogP) is 5.34. The van der Waals surface area contributed by atoms with Gasteiger partial charge < -0.3 is 19.2 Å². The van der Waals surface area contributed by atoms with Crippen LogP contribution in [0.5, 0.6) is 11.5 Å². The van der Waals surface area contributed by atoms with E-state index >= 15 is 0 Å². The fourth-order valence-corrected chi connectivity index (χ4v) is 6.37. The third-order valence-electron chi connectivity index (χ3n) is 6.98. The Morgan fingerprint density at radius 2 is 1.86 bits per heavy atom. The van der Waals surface area contributed by atoms with Gasteiger partial charge in [0.1, 0.15) is 11.5 Å². The van der Waals surface area contributed by atoms with Crippen LogP contribution in [-0.4, -0.2) is 57.3 Å². The normalized spacial score (nSPS) is 14.4. The first kappa shape index (κ1) is 29.2. The van der Waals surface area contributed by atoms with E-state index in [-0.39, 0.29) is 35.9 Å². The van der Waals surface area contributed by atoms with Crippen molar-refractivity contribution in [2.75, 3.05) is 20.0 Å². The van der Waals surface area contributed by atoms with Crippen LogP contribution in [0.3, 0.4) is 0 Å². The van der Waals surface area contributed by atoms with Crippen molar-refractivity contribution in [1.29, 1.82) is 0 Å². The Morgan fingerprint density at radius 1 is 1.02 bits per heavy atom. The zero-order chi connectivity index (χ0) is 30.5. The lowest BCUT2D eigenvalue weighted by Crippen LogP contribution is -2.28. The molecule has 2 aromatic carbocycles. The molecule has 1 N–H and O–H groups in total. The number of hydrogen-bond donors (Lipinski definition) is 1. The summed E-state index contributed by atoms with van der Waals surface area (Å²) >= 11 is 2.83. The number of para-hydroxylation sites is 2. The van der Waals surface area contributed by atoms with Crippen molar-refractivity contribution in [2.45, 2.75) is 24.2 Å². The predicted molar refractivity (Wildman–Crippen MR) is 167 cm³/mol. The molecule has 0 saturated carbocycles. The van der Waals surface area contributed by atoms with Crippen LogP contribution >= 0.6 is 23.1 Å². The Kier molecular flexibility index (Phi) is 8.75. The van der Waals surface area contributed by atoms with E-state index in [2.05, 4.69) is 15.5 Å². The van der Waals surface area contributed by atoms with Gasteiger partial charge in [-0.3, -0.25) is 14.2 Å². The Balaban J connectivity index is 1.26. The Labute approximate surface area is 261 Å². The lowest BCUT2D eigenvalue weighted by Gasteiger charge is -2.22. The number of amides is 2. The molecule has 3 aromatic heterocycles. The summed E-state index contributed by atoms with van der Waals surface area (Å²) in [6.07, 6.45) is 2.03. The van der Waals surface area contributed by atoms with Gasteiger partial charge in [-0.2, -0.15) is 5.10 Å². The highest BCUT2D eigenvalue weighted by Gasteiger charge is 2.34. The molecule has 1 atom stereocenters. The van der Waals surface area contributed by atoms with Crippen molar-refractivity contribution < 1.29 is 23.5 Å². The molecule has 6 rings (SSSR count). The van der Waals surface area contributed by atoms with Gasteiger partial charge >= 0.3 is 0 Å². The first-order valence-electron chi connectivity index (χ1n) is 13.6. The number of ether oxygens (including phenoxy) is 2. The van der Waals surface area contributed by atoms with Crippen molar-refractivity contribution in [3.63, 3.8) is 0 Å². The summed E-state index contributed by atoms with van der Waals surface area (Å²) in [5, 5.41) is 20.4. The number of thioether (sulfide) groups is 1. The number of aromatic nitrogens is 3. The van der Waals surface area contributed by atoms with E-state index in [9.17, 15) is 9.59 Å². The van der Waals surface area contributed by atoms with Crippen LogP contribution in [0, 0.1) is 0 Å². The largest absolute Gasteiger partial charge is 0.497 e. The SMILES string of the molecule is COc1ccc([C@@H]2CC(c3cccs3)=NN2C(=O)CSc2nnc(CNC(=O)c3ccco3)n2-c2ccccc2OC)cc1. The second kappa shape index (κ2) is 13.2. The second-order valence-electron chi connectivity index (χ2n) is 9.61. The van der Waals surface area contributed by atoms with Gasteiger partial charge in [0.15, 0.2) is 16.7 Å². The van der Waals surface area contributed by atoms with Crippen molar-refractivity contribution in [2.24, 2.45) is 5.10 Å². The highest BCUT2D eigenvalue weighted by atomic mass is 32.2. The molecule has 1 aliphatic rings. The molecule has 0 saturated heterocycles. The molecule has 13 heteroatoms. The highest BCUT2D eigenvalue weighted by Crippen LogP contribution is 2.36. The molecule has 0 aliphatic carbocycles. The number of carbonyl (C=O) groups excluding carboxylic acids is 2. The number of hydrazone groups is 1. The van der Waals surface area contributed by atoms with E-state index in [1.165, 1.54) is 18.0 Å². The van der Waals surface area contributed by atoms with Crippen molar-refractivity contribution >= 4 is 40.6 Å². The van der Waals surface area contributed by atoms with Gasteiger partial charge in [-0.1, -0.05) is 42.1 Å². The minimum Gasteiger partial charge on any atom is -0.497 e. The topological polar surface area (TPSA) is 124 Å². The van der Waals surface area contributed by atoms with Gasteiger partial charge in [0.2, 0.25) is 0 Å². The third kappa shape index (κ3) is 6.10. The molecule has 0 unspecified atom stereocenters. The number of benzene rings is 2. The Morgan fingerprint density at radius 3 is 2.59 bits per heavy atom. The zero-order valence-electron chi connectivity index (χ0n) is 23.9. The molecule has 2 amide bonds. The maximum Gasteiger partial charge on any atom is 0.287 e. The fourth-order valence-electron chi connectivity index (χ4n) is 4.83. The van der Waals surface area contributed by atoms with Gasteiger partial charge in [0.25, 0.3) is 11.8 Å². The van der Waals surface area contributed by atoms with Gasteiger partial charge in [0, 0.05) is 6.42 Å². The maximum atomic E-state index is 13.8. The van der Waals surface area contributed by atoms with E-state index in [1.807, 2.05) is 66.0 Å². The number of furan rings is 1. The molecule has 0 spiro atoms. The average molecular weight is 629 g/mol. The molecular weight excluding hydrogens is 601 g/mol.